The minimum absolute atomic E-state index is 0.0350. The van der Waals surface area contributed by atoms with Gasteiger partial charge in [-0.25, -0.2) is 0 Å². The fourth-order valence-electron chi connectivity index (χ4n) is 4.42. The van der Waals surface area contributed by atoms with Crippen molar-refractivity contribution in [2.45, 2.75) is 37.6 Å². The first-order chi connectivity index (χ1) is 8.62. The van der Waals surface area contributed by atoms with Crippen LogP contribution in [0.5, 0.6) is 0 Å². The molecule has 4 heteroatoms. The molecule has 4 rings (SSSR count). The lowest BCUT2D eigenvalue weighted by atomic mass is 9.49. The number of ether oxygens (including phenoxy) is 2. The van der Waals surface area contributed by atoms with Gasteiger partial charge in [-0.15, -0.1) is 0 Å². The van der Waals surface area contributed by atoms with E-state index in [1.54, 1.807) is 0 Å². The van der Waals surface area contributed by atoms with Crippen LogP contribution in [0.2, 0.25) is 0 Å². The van der Waals surface area contributed by atoms with Gasteiger partial charge in [-0.2, -0.15) is 0 Å². The standard InChI is InChI=1S/C14H20O4/c1-17-14(18-2)12(16)9-6-7-13(14)10(8-9)4-3-5-11(13)15/h6-7,9-11,15H,3-5,8H2,1-2H3/t9?,10-,11-,13?/m0/s1. The van der Waals surface area contributed by atoms with Crippen LogP contribution in [0.15, 0.2) is 12.2 Å². The van der Waals surface area contributed by atoms with E-state index < -0.39 is 17.3 Å². The van der Waals surface area contributed by atoms with Gasteiger partial charge in [-0.1, -0.05) is 18.6 Å². The first-order valence-electron chi connectivity index (χ1n) is 6.64. The van der Waals surface area contributed by atoms with Gasteiger partial charge in [0.25, 0.3) is 0 Å². The quantitative estimate of drug-likeness (QED) is 0.594. The Hall–Kier alpha value is -0.710. The minimum Gasteiger partial charge on any atom is -0.392 e. The van der Waals surface area contributed by atoms with E-state index in [0.29, 0.717) is 6.42 Å². The Bertz CT molecular complexity index is 399. The van der Waals surface area contributed by atoms with E-state index in [1.807, 2.05) is 12.2 Å². The van der Waals surface area contributed by atoms with Crippen molar-refractivity contribution in [3.63, 3.8) is 0 Å². The van der Waals surface area contributed by atoms with Crippen LogP contribution in [-0.4, -0.2) is 37.0 Å². The van der Waals surface area contributed by atoms with Gasteiger partial charge in [0.1, 0.15) is 0 Å². The number of fused-ring (bicyclic) bond motifs is 1. The van der Waals surface area contributed by atoms with Crippen LogP contribution in [0.3, 0.4) is 0 Å². The highest BCUT2D eigenvalue weighted by molar-refractivity contribution is 5.93. The molecule has 0 saturated heterocycles. The molecule has 0 heterocycles. The Labute approximate surface area is 107 Å². The zero-order chi connectivity index (χ0) is 13.0. The van der Waals surface area contributed by atoms with Crippen molar-refractivity contribution in [3.05, 3.63) is 12.2 Å². The summed E-state index contributed by atoms with van der Waals surface area (Å²) in [6, 6.07) is 0. The number of ketones is 1. The third-order valence-corrected chi connectivity index (χ3v) is 5.21. The normalized spacial score (nSPS) is 45.1. The van der Waals surface area contributed by atoms with Crippen LogP contribution >= 0.6 is 0 Å². The van der Waals surface area contributed by atoms with Gasteiger partial charge in [-0.3, -0.25) is 4.79 Å². The molecule has 18 heavy (non-hydrogen) atoms. The van der Waals surface area contributed by atoms with Crippen molar-refractivity contribution >= 4 is 5.78 Å². The molecule has 0 aromatic heterocycles. The number of hydrogen-bond donors (Lipinski definition) is 1. The van der Waals surface area contributed by atoms with Crippen molar-refractivity contribution in [1.29, 1.82) is 0 Å². The summed E-state index contributed by atoms with van der Waals surface area (Å²) in [5.41, 5.74) is -0.694. The summed E-state index contributed by atoms with van der Waals surface area (Å²) in [7, 11) is 3.01. The first kappa shape index (κ1) is 12.3. The predicted molar refractivity (Wildman–Crippen MR) is 64.8 cm³/mol. The van der Waals surface area contributed by atoms with Crippen molar-refractivity contribution < 1.29 is 19.4 Å². The van der Waals surface area contributed by atoms with Gasteiger partial charge in [0.2, 0.25) is 5.79 Å². The molecule has 2 saturated carbocycles. The second-order valence-electron chi connectivity index (χ2n) is 5.67. The molecule has 4 aliphatic rings. The van der Waals surface area contributed by atoms with E-state index in [1.165, 1.54) is 14.2 Å². The van der Waals surface area contributed by atoms with Crippen molar-refractivity contribution in [3.8, 4) is 0 Å². The largest absolute Gasteiger partial charge is 0.392 e. The molecule has 0 aromatic carbocycles. The van der Waals surface area contributed by atoms with Gasteiger partial charge >= 0.3 is 0 Å². The summed E-state index contributed by atoms with van der Waals surface area (Å²) in [6.45, 7) is 0. The van der Waals surface area contributed by atoms with E-state index in [0.717, 1.165) is 19.3 Å². The molecule has 4 atom stereocenters. The van der Waals surface area contributed by atoms with E-state index in [4.69, 9.17) is 9.47 Å². The molecule has 0 amide bonds. The maximum atomic E-state index is 12.6. The molecule has 100 valence electrons. The van der Waals surface area contributed by atoms with Gasteiger partial charge < -0.3 is 14.6 Å². The Kier molecular flexibility index (Phi) is 2.66. The van der Waals surface area contributed by atoms with Gasteiger partial charge in [0, 0.05) is 20.1 Å². The molecule has 4 nitrogen and oxygen atoms in total. The molecule has 2 fully saturated rings. The summed E-state index contributed by atoms with van der Waals surface area (Å²) >= 11 is 0. The van der Waals surface area contributed by atoms with E-state index in [9.17, 15) is 9.90 Å². The third kappa shape index (κ3) is 1.14. The Morgan fingerprint density at radius 1 is 1.33 bits per heavy atom. The predicted octanol–water partition coefficient (Wildman–Crippen LogP) is 1.28. The zero-order valence-electron chi connectivity index (χ0n) is 10.9. The SMILES string of the molecule is COC1(OC)C(=O)C2C=CC13[C@@H](CCC[C@@H]3O)C2. The molecular weight excluding hydrogens is 232 g/mol. The van der Waals surface area contributed by atoms with Gasteiger partial charge in [0.05, 0.1) is 11.5 Å². The highest BCUT2D eigenvalue weighted by Gasteiger charge is 2.70. The molecule has 2 unspecified atom stereocenters. The van der Waals surface area contributed by atoms with Crippen LogP contribution in [-0.2, 0) is 14.3 Å². The summed E-state index contributed by atoms with van der Waals surface area (Å²) in [5.74, 6) is -1.18. The maximum Gasteiger partial charge on any atom is 0.241 e. The third-order valence-electron chi connectivity index (χ3n) is 5.21. The fourth-order valence-corrected chi connectivity index (χ4v) is 4.42. The molecule has 0 aliphatic heterocycles. The number of Topliss-reactive ketones (excluding diaryl/α,β-unsaturated/α-hetero) is 1. The highest BCUT2D eigenvalue weighted by Crippen LogP contribution is 2.61. The topological polar surface area (TPSA) is 55.8 Å². The average molecular weight is 252 g/mol. The minimum atomic E-state index is -1.30. The number of rotatable bonds is 2. The van der Waals surface area contributed by atoms with E-state index in [2.05, 4.69) is 0 Å². The van der Waals surface area contributed by atoms with Crippen LogP contribution in [0, 0.1) is 17.3 Å². The lowest BCUT2D eigenvalue weighted by Crippen LogP contribution is -2.71. The molecular formula is C14H20O4. The number of carbonyl (C=O) groups is 1. The molecule has 2 bridgehead atoms. The van der Waals surface area contributed by atoms with Gasteiger partial charge in [0.15, 0.2) is 5.78 Å². The number of allylic oxidation sites excluding steroid dienone is 1. The van der Waals surface area contributed by atoms with Crippen LogP contribution in [0.1, 0.15) is 25.7 Å². The van der Waals surface area contributed by atoms with E-state index >= 15 is 0 Å². The first-order valence-corrected chi connectivity index (χ1v) is 6.64. The Morgan fingerprint density at radius 3 is 2.72 bits per heavy atom. The second kappa shape index (κ2) is 3.89. The second-order valence-corrected chi connectivity index (χ2v) is 5.67. The maximum absolute atomic E-state index is 12.6. The van der Waals surface area contributed by atoms with Crippen molar-refractivity contribution in [2.75, 3.05) is 14.2 Å². The number of methoxy groups -OCH3 is 2. The number of hydrogen-bond acceptors (Lipinski definition) is 4. The molecule has 0 radical (unpaired) electrons. The van der Waals surface area contributed by atoms with Crippen molar-refractivity contribution in [1.82, 2.24) is 0 Å². The Balaban J connectivity index is 2.19. The lowest BCUT2D eigenvalue weighted by Gasteiger charge is -2.60. The van der Waals surface area contributed by atoms with Crippen molar-refractivity contribution in [2.24, 2.45) is 17.3 Å². The number of aliphatic hydroxyl groups excluding tert-OH is 1. The fraction of sp³-hybridized carbons (Fsp3) is 0.786. The summed E-state index contributed by atoms with van der Waals surface area (Å²) in [4.78, 5) is 12.6. The summed E-state index contributed by atoms with van der Waals surface area (Å²) in [5, 5.41) is 10.5. The zero-order valence-corrected chi connectivity index (χ0v) is 10.9. The van der Waals surface area contributed by atoms with Crippen LogP contribution in [0.25, 0.3) is 0 Å². The van der Waals surface area contributed by atoms with Gasteiger partial charge in [-0.05, 0) is 25.2 Å². The summed E-state index contributed by atoms with van der Waals surface area (Å²) in [6.07, 6.45) is 6.91. The Morgan fingerprint density at radius 2 is 2.06 bits per heavy atom. The number of carbonyl (C=O) groups excluding carboxylic acids is 1. The smallest absolute Gasteiger partial charge is 0.241 e. The summed E-state index contributed by atoms with van der Waals surface area (Å²) < 4.78 is 11.0. The van der Waals surface area contributed by atoms with E-state index in [-0.39, 0.29) is 17.6 Å². The average Bonchev–Trinajstić information content (AvgIpc) is 2.40. The highest BCUT2D eigenvalue weighted by atomic mass is 16.7. The lowest BCUT2D eigenvalue weighted by molar-refractivity contribution is -0.300. The molecule has 4 aliphatic carbocycles. The number of aliphatic hydroxyl groups is 1. The molecule has 1 N–H and O–H groups in total. The monoisotopic (exact) mass is 252 g/mol. The molecule has 1 spiro atoms. The van der Waals surface area contributed by atoms with Crippen LogP contribution < -0.4 is 0 Å². The molecule has 0 aromatic rings. The van der Waals surface area contributed by atoms with Crippen LogP contribution in [0.4, 0.5) is 0 Å².